The van der Waals surface area contributed by atoms with Gasteiger partial charge < -0.3 is 20.1 Å². The third-order valence-electron chi connectivity index (χ3n) is 6.02. The molecule has 9 heteroatoms. The Morgan fingerprint density at radius 1 is 1.05 bits per heavy atom. The summed E-state index contributed by atoms with van der Waals surface area (Å²) >= 11 is 5.98. The average Bonchev–Trinajstić information content (AvgIpc) is 3.21. The molecule has 1 fully saturated rings. The van der Waals surface area contributed by atoms with Gasteiger partial charge in [0.1, 0.15) is 0 Å². The molecular weight excluding hydrogens is 494 g/mol. The zero-order valence-corrected chi connectivity index (χ0v) is 21.3. The zero-order chi connectivity index (χ0) is 26.4. The fourth-order valence-corrected chi connectivity index (χ4v) is 4.26. The molecule has 8 nitrogen and oxygen atoms in total. The molecule has 192 valence electrons. The van der Waals surface area contributed by atoms with Crippen molar-refractivity contribution >= 4 is 35.2 Å². The van der Waals surface area contributed by atoms with E-state index in [0.717, 1.165) is 11.1 Å². The van der Waals surface area contributed by atoms with Crippen LogP contribution < -0.4 is 10.6 Å². The lowest BCUT2D eigenvalue weighted by Crippen LogP contribution is -2.47. The Morgan fingerprint density at radius 2 is 1.78 bits per heavy atom. The minimum absolute atomic E-state index is 0.228. The topological polar surface area (TPSA) is 97.0 Å². The molecule has 3 amide bonds. The van der Waals surface area contributed by atoms with Crippen LogP contribution in [-0.2, 0) is 20.8 Å². The quantitative estimate of drug-likeness (QED) is 0.397. The molecule has 0 unspecified atom stereocenters. The van der Waals surface area contributed by atoms with Crippen LogP contribution in [0.15, 0.2) is 72.8 Å². The van der Waals surface area contributed by atoms with E-state index in [4.69, 9.17) is 21.1 Å². The van der Waals surface area contributed by atoms with Gasteiger partial charge in [-0.25, -0.2) is 4.79 Å². The standard InChI is InChI=1S/C28H28ClN3O5/c1-18-6-8-19(9-7-18)17-32-24(27(34)30-14-15-36-2)25(37-28(32)35)20-10-12-23(13-11-20)31-26(33)21-4-3-5-22(29)16-21/h3-13,16,24-25H,14-15,17H2,1-2H3,(H,30,34)(H,31,33)/t24-,25+/m1/s1. The van der Waals surface area contributed by atoms with E-state index >= 15 is 0 Å². The number of cyclic esters (lactones) is 1. The van der Waals surface area contributed by atoms with Gasteiger partial charge in [-0.2, -0.15) is 0 Å². The number of hydrogen-bond donors (Lipinski definition) is 2. The Kier molecular flexibility index (Phi) is 8.43. The van der Waals surface area contributed by atoms with Crippen molar-refractivity contribution in [1.29, 1.82) is 0 Å². The number of anilines is 1. The van der Waals surface area contributed by atoms with E-state index in [1.54, 1.807) is 55.6 Å². The molecule has 3 aromatic carbocycles. The number of hydrogen-bond acceptors (Lipinski definition) is 5. The Labute approximate surface area is 220 Å². The van der Waals surface area contributed by atoms with E-state index < -0.39 is 18.2 Å². The molecule has 1 heterocycles. The molecule has 1 aliphatic heterocycles. The van der Waals surface area contributed by atoms with Crippen LogP contribution in [0, 0.1) is 6.92 Å². The number of rotatable bonds is 9. The van der Waals surface area contributed by atoms with Crippen LogP contribution in [0.4, 0.5) is 10.5 Å². The Hall–Kier alpha value is -3.88. The van der Waals surface area contributed by atoms with E-state index in [9.17, 15) is 14.4 Å². The third kappa shape index (κ3) is 6.47. The van der Waals surface area contributed by atoms with Crippen molar-refractivity contribution in [3.63, 3.8) is 0 Å². The van der Waals surface area contributed by atoms with E-state index in [-0.39, 0.29) is 18.4 Å². The number of nitrogens with zero attached hydrogens (tertiary/aromatic N) is 1. The van der Waals surface area contributed by atoms with Gasteiger partial charge in [0.05, 0.1) is 13.2 Å². The van der Waals surface area contributed by atoms with E-state index in [1.807, 2.05) is 31.2 Å². The van der Waals surface area contributed by atoms with Crippen molar-refractivity contribution < 1.29 is 23.9 Å². The average molecular weight is 522 g/mol. The second-order valence-corrected chi connectivity index (χ2v) is 9.17. The molecule has 2 N–H and O–H groups in total. The summed E-state index contributed by atoms with van der Waals surface area (Å²) in [6.07, 6.45) is -1.39. The van der Waals surface area contributed by atoms with Crippen LogP contribution in [0.1, 0.15) is 33.2 Å². The van der Waals surface area contributed by atoms with Gasteiger partial charge in [-0.05, 0) is 48.4 Å². The summed E-state index contributed by atoms with van der Waals surface area (Å²) < 4.78 is 10.7. The molecular formula is C28H28ClN3O5. The van der Waals surface area contributed by atoms with Crippen LogP contribution in [0.3, 0.4) is 0 Å². The molecule has 0 aromatic heterocycles. The third-order valence-corrected chi connectivity index (χ3v) is 6.25. The van der Waals surface area contributed by atoms with Crippen LogP contribution >= 0.6 is 11.6 Å². The molecule has 0 bridgehead atoms. The number of benzene rings is 3. The van der Waals surface area contributed by atoms with Gasteiger partial charge in [-0.3, -0.25) is 14.5 Å². The Bertz CT molecular complexity index is 1260. The highest BCUT2D eigenvalue weighted by Crippen LogP contribution is 2.34. The molecule has 0 saturated carbocycles. The maximum Gasteiger partial charge on any atom is 0.411 e. The smallest absolute Gasteiger partial charge is 0.411 e. The number of ether oxygens (including phenoxy) is 2. The minimum Gasteiger partial charge on any atom is -0.438 e. The molecule has 2 atom stereocenters. The van der Waals surface area contributed by atoms with Crippen molar-refractivity contribution in [3.8, 4) is 0 Å². The van der Waals surface area contributed by atoms with Crippen LogP contribution in [0.2, 0.25) is 5.02 Å². The molecule has 3 aromatic rings. The van der Waals surface area contributed by atoms with Gasteiger partial charge in [0.15, 0.2) is 12.1 Å². The molecule has 37 heavy (non-hydrogen) atoms. The summed E-state index contributed by atoms with van der Waals surface area (Å²) in [5.74, 6) is -0.638. The van der Waals surface area contributed by atoms with Crippen molar-refractivity contribution in [3.05, 3.63) is 100 Å². The van der Waals surface area contributed by atoms with Gasteiger partial charge in [0, 0.05) is 29.9 Å². The highest BCUT2D eigenvalue weighted by atomic mass is 35.5. The van der Waals surface area contributed by atoms with Crippen LogP contribution in [0.25, 0.3) is 0 Å². The van der Waals surface area contributed by atoms with Crippen molar-refractivity contribution in [2.75, 3.05) is 25.6 Å². The lowest BCUT2D eigenvalue weighted by atomic mass is 10.00. The molecule has 4 rings (SSSR count). The monoisotopic (exact) mass is 521 g/mol. The first-order valence-corrected chi connectivity index (χ1v) is 12.2. The predicted molar refractivity (Wildman–Crippen MR) is 140 cm³/mol. The van der Waals surface area contributed by atoms with Crippen molar-refractivity contribution in [2.45, 2.75) is 25.6 Å². The van der Waals surface area contributed by atoms with E-state index in [2.05, 4.69) is 10.6 Å². The normalized spacial score (nSPS) is 16.8. The van der Waals surface area contributed by atoms with Crippen molar-refractivity contribution in [1.82, 2.24) is 10.2 Å². The summed E-state index contributed by atoms with van der Waals surface area (Å²) in [5, 5.41) is 6.11. The fraction of sp³-hybridized carbons (Fsp3) is 0.250. The summed E-state index contributed by atoms with van der Waals surface area (Å²) in [5.41, 5.74) is 3.60. The zero-order valence-electron chi connectivity index (χ0n) is 20.6. The Balaban J connectivity index is 1.53. The maximum absolute atomic E-state index is 13.2. The number of halogens is 1. The van der Waals surface area contributed by atoms with Gasteiger partial charge >= 0.3 is 6.09 Å². The maximum atomic E-state index is 13.2. The number of carbonyl (C=O) groups excluding carboxylic acids is 3. The van der Waals surface area contributed by atoms with E-state index in [0.29, 0.717) is 35.0 Å². The van der Waals surface area contributed by atoms with Gasteiger partial charge in [0.25, 0.3) is 5.91 Å². The minimum atomic E-state index is -0.877. The summed E-state index contributed by atoms with van der Waals surface area (Å²) in [6.45, 7) is 2.86. The van der Waals surface area contributed by atoms with E-state index in [1.165, 1.54) is 4.90 Å². The summed E-state index contributed by atoms with van der Waals surface area (Å²) in [7, 11) is 1.55. The molecule has 1 saturated heterocycles. The number of carbonyl (C=O) groups is 3. The number of methoxy groups -OCH3 is 1. The molecule has 0 aliphatic carbocycles. The van der Waals surface area contributed by atoms with Gasteiger partial charge in [0.2, 0.25) is 5.91 Å². The second kappa shape index (κ2) is 11.9. The summed E-state index contributed by atoms with van der Waals surface area (Å²) in [6, 6.07) is 20.4. The van der Waals surface area contributed by atoms with Gasteiger partial charge in [-0.1, -0.05) is 59.6 Å². The van der Waals surface area contributed by atoms with Crippen molar-refractivity contribution in [2.24, 2.45) is 0 Å². The van der Waals surface area contributed by atoms with Crippen LogP contribution in [-0.4, -0.2) is 49.1 Å². The van der Waals surface area contributed by atoms with Crippen LogP contribution in [0.5, 0.6) is 0 Å². The first-order chi connectivity index (χ1) is 17.9. The second-order valence-electron chi connectivity index (χ2n) is 8.73. The first-order valence-electron chi connectivity index (χ1n) is 11.8. The number of amides is 3. The van der Waals surface area contributed by atoms with Gasteiger partial charge in [-0.15, -0.1) is 0 Å². The lowest BCUT2D eigenvalue weighted by molar-refractivity contribution is -0.126. The summed E-state index contributed by atoms with van der Waals surface area (Å²) in [4.78, 5) is 40.1. The molecule has 1 aliphatic rings. The molecule has 0 spiro atoms. The predicted octanol–water partition coefficient (Wildman–Crippen LogP) is 4.73. The Morgan fingerprint density at radius 3 is 2.46 bits per heavy atom. The molecule has 0 radical (unpaired) electrons. The SMILES string of the molecule is COCCNC(=O)[C@H]1[C@H](c2ccc(NC(=O)c3cccc(Cl)c3)cc2)OC(=O)N1Cc1ccc(C)cc1. The number of nitrogens with one attached hydrogen (secondary N) is 2. The highest BCUT2D eigenvalue weighted by Gasteiger charge is 2.46. The number of aryl methyl sites for hydroxylation is 1. The fourth-order valence-electron chi connectivity index (χ4n) is 4.07. The highest BCUT2D eigenvalue weighted by molar-refractivity contribution is 6.31. The first kappa shape index (κ1) is 26.2. The lowest BCUT2D eigenvalue weighted by Gasteiger charge is -2.24. The largest absolute Gasteiger partial charge is 0.438 e.